The third-order valence-corrected chi connectivity index (χ3v) is 10.2. The molecule has 0 saturated heterocycles. The molecule has 10 heteroatoms. The number of rotatable bonds is 9. The van der Waals surface area contributed by atoms with Gasteiger partial charge in [-0.3, -0.25) is 4.79 Å². The maximum absolute atomic E-state index is 13.0. The monoisotopic (exact) mass is 625 g/mol. The maximum atomic E-state index is 13.0. The molecule has 8 nitrogen and oxygen atoms in total. The molecule has 1 aliphatic heterocycles. The molecule has 4 aromatic carbocycles. The van der Waals surface area contributed by atoms with Gasteiger partial charge in [0.1, 0.15) is 16.4 Å². The van der Waals surface area contributed by atoms with Crippen LogP contribution in [0.1, 0.15) is 41.3 Å². The highest BCUT2D eigenvalue weighted by molar-refractivity contribution is 7.90. The molecular formula is C34H27NO7S2. The van der Waals surface area contributed by atoms with Crippen molar-refractivity contribution < 1.29 is 32.6 Å². The van der Waals surface area contributed by atoms with Crippen LogP contribution in [0.5, 0.6) is 17.2 Å². The number of carboxylic acid groups (broad SMARTS) is 1. The zero-order valence-corrected chi connectivity index (χ0v) is 25.4. The van der Waals surface area contributed by atoms with Gasteiger partial charge in [0.05, 0.1) is 10.4 Å². The number of nitrogens with zero attached hydrogens (tertiary/aromatic N) is 1. The second-order valence-corrected chi connectivity index (χ2v) is 13.3. The number of carboxylic acids is 1. The molecule has 2 heterocycles. The van der Waals surface area contributed by atoms with Crippen LogP contribution < -0.4 is 9.47 Å². The van der Waals surface area contributed by atoms with E-state index in [0.717, 1.165) is 42.0 Å². The highest BCUT2D eigenvalue weighted by Crippen LogP contribution is 2.49. The number of carbonyl (C=O) groups is 2. The molecule has 1 aliphatic rings. The second kappa shape index (κ2) is 11.6. The lowest BCUT2D eigenvalue weighted by molar-refractivity contribution is -0.131. The third kappa shape index (κ3) is 5.45. The predicted molar refractivity (Wildman–Crippen MR) is 170 cm³/mol. The summed E-state index contributed by atoms with van der Waals surface area (Å²) in [5, 5.41) is 9.75. The second-order valence-electron chi connectivity index (χ2n) is 10.4. The Morgan fingerprint density at radius 1 is 0.932 bits per heavy atom. The summed E-state index contributed by atoms with van der Waals surface area (Å²) in [6.07, 6.45) is 2.59. The number of sulfonamides is 1. The lowest BCUT2D eigenvalue weighted by atomic mass is 9.96. The van der Waals surface area contributed by atoms with Crippen LogP contribution in [-0.2, 0) is 14.8 Å². The van der Waals surface area contributed by atoms with Gasteiger partial charge in [-0.15, -0.1) is 11.3 Å². The summed E-state index contributed by atoms with van der Waals surface area (Å²) in [6, 6.07) is 26.8. The number of fused-ring (bicyclic) bond motifs is 2. The number of aliphatic carboxylic acids is 1. The van der Waals surface area contributed by atoms with Crippen LogP contribution in [-0.4, -0.2) is 36.4 Å². The van der Waals surface area contributed by atoms with Crippen LogP contribution >= 0.6 is 11.3 Å². The van der Waals surface area contributed by atoms with Gasteiger partial charge >= 0.3 is 5.97 Å². The number of carbonyl (C=O) groups excluding carboxylic acids is 1. The van der Waals surface area contributed by atoms with Crippen molar-refractivity contribution in [2.75, 3.05) is 6.73 Å². The Morgan fingerprint density at radius 3 is 2.32 bits per heavy atom. The molecule has 222 valence electrons. The Morgan fingerprint density at radius 2 is 1.61 bits per heavy atom. The van der Waals surface area contributed by atoms with Gasteiger partial charge in [0.2, 0.25) is 0 Å². The van der Waals surface area contributed by atoms with Crippen molar-refractivity contribution in [3.63, 3.8) is 0 Å². The minimum absolute atomic E-state index is 0.0245. The van der Waals surface area contributed by atoms with Crippen LogP contribution in [0.3, 0.4) is 0 Å². The van der Waals surface area contributed by atoms with Crippen LogP contribution in [0.15, 0.2) is 102 Å². The molecule has 0 saturated carbocycles. The lowest BCUT2D eigenvalue weighted by Crippen LogP contribution is -2.33. The van der Waals surface area contributed by atoms with E-state index in [1.54, 1.807) is 42.5 Å². The van der Waals surface area contributed by atoms with Crippen molar-refractivity contribution >= 4 is 49.4 Å². The lowest BCUT2D eigenvalue weighted by Gasteiger charge is -2.16. The quantitative estimate of drug-likeness (QED) is 0.167. The smallest absolute Gasteiger partial charge is 0.328 e. The molecule has 0 unspecified atom stereocenters. The number of hydrogen-bond acceptors (Lipinski definition) is 7. The molecule has 0 aliphatic carbocycles. The summed E-state index contributed by atoms with van der Waals surface area (Å²) in [7, 11) is -4.00. The molecule has 44 heavy (non-hydrogen) atoms. The zero-order valence-electron chi connectivity index (χ0n) is 23.8. The van der Waals surface area contributed by atoms with E-state index in [0.29, 0.717) is 17.2 Å². The highest BCUT2D eigenvalue weighted by atomic mass is 32.2. The molecule has 0 atom stereocenters. The minimum atomic E-state index is -4.00. The summed E-state index contributed by atoms with van der Waals surface area (Å²) < 4.78 is 39.9. The van der Waals surface area contributed by atoms with Crippen molar-refractivity contribution in [1.29, 1.82) is 0 Å². The van der Waals surface area contributed by atoms with Crippen LogP contribution in [0.4, 0.5) is 0 Å². The normalized spacial score (nSPS) is 14.0. The summed E-state index contributed by atoms with van der Waals surface area (Å²) >= 11 is 1.52. The van der Waals surface area contributed by atoms with Gasteiger partial charge in [0, 0.05) is 16.2 Å². The minimum Gasteiger partial charge on any atom is -0.478 e. The van der Waals surface area contributed by atoms with E-state index in [1.807, 2.05) is 24.3 Å². The van der Waals surface area contributed by atoms with Gasteiger partial charge in [0.15, 0.2) is 12.5 Å². The van der Waals surface area contributed by atoms with Crippen molar-refractivity contribution in [3.8, 4) is 27.7 Å². The first-order valence-corrected chi connectivity index (χ1v) is 16.0. The van der Waals surface area contributed by atoms with Gasteiger partial charge in [-0.2, -0.15) is 4.31 Å². The topological polar surface area (TPSA) is 110 Å². The Balaban J connectivity index is 1.35. The number of hydrogen-bond donors (Lipinski definition) is 1. The molecule has 0 radical (unpaired) electrons. The molecule has 6 rings (SSSR count). The first kappa shape index (κ1) is 29.2. The van der Waals surface area contributed by atoms with Gasteiger partial charge in [-0.25, -0.2) is 13.2 Å². The van der Waals surface area contributed by atoms with E-state index in [2.05, 4.69) is 26.0 Å². The van der Waals surface area contributed by atoms with Gasteiger partial charge < -0.3 is 14.6 Å². The summed E-state index contributed by atoms with van der Waals surface area (Å²) in [5.74, 6) is 0.260. The molecule has 0 bridgehead atoms. The van der Waals surface area contributed by atoms with E-state index < -0.39 is 28.6 Å². The number of amides is 1. The van der Waals surface area contributed by atoms with Crippen molar-refractivity contribution in [2.45, 2.75) is 24.7 Å². The first-order valence-electron chi connectivity index (χ1n) is 13.8. The van der Waals surface area contributed by atoms with Gasteiger partial charge in [-0.05, 0) is 71.1 Å². The molecule has 1 N–H and O–H groups in total. The highest BCUT2D eigenvalue weighted by Gasteiger charge is 2.41. The van der Waals surface area contributed by atoms with E-state index in [-0.39, 0.29) is 16.4 Å². The Hall–Kier alpha value is -4.93. The summed E-state index contributed by atoms with van der Waals surface area (Å²) in [6.45, 7) is 3.81. The Labute approximate surface area is 258 Å². The Bertz CT molecular complexity index is 2040. The fraction of sp³-hybridized carbons (Fsp3) is 0.118. The van der Waals surface area contributed by atoms with Crippen LogP contribution in [0, 0.1) is 0 Å². The number of ether oxygens (including phenoxy) is 2. The summed E-state index contributed by atoms with van der Waals surface area (Å²) in [5.41, 5.74) is 3.05. The Kier molecular flexibility index (Phi) is 7.71. The standard InChI is InChI=1S/C34H27NO7S2/c1-21(2)25-7-3-4-8-26(25)33-32(42-23-14-11-22(12-15-23)13-18-31(36)37)27-17-16-24(19-29(27)43-33)41-20-35-34(38)28-9-5-6-10-30(28)44(35,39)40/h3-19,21H,20H2,1-2H3,(H,36,37). The number of thiophene rings is 1. The average Bonchev–Trinajstić information content (AvgIpc) is 3.46. The van der Waals surface area contributed by atoms with Crippen LogP contribution in [0.25, 0.3) is 26.6 Å². The van der Waals surface area contributed by atoms with E-state index in [1.165, 1.54) is 29.5 Å². The number of benzene rings is 4. The first-order chi connectivity index (χ1) is 21.1. The van der Waals surface area contributed by atoms with Gasteiger partial charge in [0.25, 0.3) is 15.9 Å². The molecule has 0 spiro atoms. The zero-order chi connectivity index (χ0) is 31.0. The van der Waals surface area contributed by atoms with Crippen molar-refractivity contribution in [1.82, 2.24) is 4.31 Å². The SMILES string of the molecule is CC(C)c1ccccc1-c1sc2cc(OCN3C(=O)c4ccccc4S3(=O)=O)ccc2c1Oc1ccc(C=CC(=O)O)cc1. The van der Waals surface area contributed by atoms with E-state index in [9.17, 15) is 18.0 Å². The average molecular weight is 626 g/mol. The largest absolute Gasteiger partial charge is 0.478 e. The van der Waals surface area contributed by atoms with Crippen molar-refractivity contribution in [2.24, 2.45) is 0 Å². The summed E-state index contributed by atoms with van der Waals surface area (Å²) in [4.78, 5) is 24.6. The fourth-order valence-corrected chi connectivity index (χ4v) is 7.69. The molecule has 5 aromatic rings. The molecule has 1 amide bonds. The van der Waals surface area contributed by atoms with E-state index in [4.69, 9.17) is 14.6 Å². The molecule has 1 aromatic heterocycles. The molecule has 0 fully saturated rings. The van der Waals surface area contributed by atoms with Crippen molar-refractivity contribution in [3.05, 3.63) is 114 Å². The van der Waals surface area contributed by atoms with Gasteiger partial charge in [-0.1, -0.05) is 62.4 Å². The van der Waals surface area contributed by atoms with E-state index >= 15 is 0 Å². The molecular weight excluding hydrogens is 599 g/mol. The fourth-order valence-electron chi connectivity index (χ4n) is 5.05. The predicted octanol–water partition coefficient (Wildman–Crippen LogP) is 7.76. The van der Waals surface area contributed by atoms with Crippen LogP contribution in [0.2, 0.25) is 0 Å². The third-order valence-electron chi connectivity index (χ3n) is 7.22. The maximum Gasteiger partial charge on any atom is 0.328 e.